The van der Waals surface area contributed by atoms with E-state index in [1.54, 1.807) is 0 Å². The van der Waals surface area contributed by atoms with Gasteiger partial charge in [-0.25, -0.2) is 0 Å². The predicted octanol–water partition coefficient (Wildman–Crippen LogP) is 3.00. The molecular formula is C17H23NO3. The molecular weight excluding hydrogens is 266 g/mol. The summed E-state index contributed by atoms with van der Waals surface area (Å²) in [6, 6.07) is 9.82. The monoisotopic (exact) mass is 289 g/mol. The summed E-state index contributed by atoms with van der Waals surface area (Å²) in [5, 5.41) is 12.1. The molecule has 1 fully saturated rings. The Hall–Kier alpha value is -1.84. The number of rotatable bonds is 6. The largest absolute Gasteiger partial charge is 0.481 e. The van der Waals surface area contributed by atoms with Crippen LogP contribution < -0.4 is 5.32 Å². The summed E-state index contributed by atoms with van der Waals surface area (Å²) in [4.78, 5) is 23.4. The van der Waals surface area contributed by atoms with Gasteiger partial charge in [-0.2, -0.15) is 0 Å². The molecule has 0 bridgehead atoms. The smallest absolute Gasteiger partial charge is 0.307 e. The van der Waals surface area contributed by atoms with E-state index in [-0.39, 0.29) is 17.9 Å². The van der Waals surface area contributed by atoms with Crippen LogP contribution in [0, 0.1) is 17.8 Å². The van der Waals surface area contributed by atoms with Crippen molar-refractivity contribution < 1.29 is 14.7 Å². The number of aliphatic carboxylic acids is 1. The van der Waals surface area contributed by atoms with Gasteiger partial charge < -0.3 is 10.4 Å². The van der Waals surface area contributed by atoms with Crippen LogP contribution in [0.15, 0.2) is 30.3 Å². The molecule has 2 rings (SSSR count). The van der Waals surface area contributed by atoms with Gasteiger partial charge in [-0.3, -0.25) is 9.59 Å². The van der Waals surface area contributed by atoms with Crippen LogP contribution in [-0.2, 0) is 9.59 Å². The second kappa shape index (κ2) is 6.74. The van der Waals surface area contributed by atoms with Crippen LogP contribution in [0.2, 0.25) is 0 Å². The van der Waals surface area contributed by atoms with E-state index in [0.717, 1.165) is 12.0 Å². The lowest BCUT2D eigenvalue weighted by molar-refractivity contribution is -0.153. The molecule has 1 amide bonds. The quantitative estimate of drug-likeness (QED) is 0.846. The molecule has 114 valence electrons. The normalized spacial score (nSPS) is 22.4. The molecule has 2 N–H and O–H groups in total. The highest BCUT2D eigenvalue weighted by Crippen LogP contribution is 2.35. The Labute approximate surface area is 125 Å². The summed E-state index contributed by atoms with van der Waals surface area (Å²) in [7, 11) is 0. The molecule has 1 aromatic rings. The molecule has 0 aliphatic heterocycles. The van der Waals surface area contributed by atoms with Crippen molar-refractivity contribution >= 4 is 11.9 Å². The minimum atomic E-state index is -0.860. The number of carbonyl (C=O) groups excluding carboxylic acids is 1. The van der Waals surface area contributed by atoms with Crippen LogP contribution in [-0.4, -0.2) is 17.0 Å². The van der Waals surface area contributed by atoms with E-state index in [1.165, 1.54) is 0 Å². The maximum absolute atomic E-state index is 12.3. The van der Waals surface area contributed by atoms with Crippen molar-refractivity contribution in [1.29, 1.82) is 0 Å². The standard InChI is InChI=1S/C17H23NO3/c1-11(2)10-15(12-6-4-3-5-7-12)18-16(19)13-8-9-14(13)17(20)21/h3-7,11,13-15H,8-10H2,1-2H3,(H,18,19)(H,20,21). The van der Waals surface area contributed by atoms with E-state index in [2.05, 4.69) is 19.2 Å². The number of carboxylic acids is 1. The first kappa shape index (κ1) is 15.5. The fourth-order valence-electron chi connectivity index (χ4n) is 2.82. The fraction of sp³-hybridized carbons (Fsp3) is 0.529. The molecule has 0 heterocycles. The maximum Gasteiger partial charge on any atom is 0.307 e. The zero-order chi connectivity index (χ0) is 15.4. The van der Waals surface area contributed by atoms with Crippen LogP contribution >= 0.6 is 0 Å². The second-order valence-electron chi connectivity index (χ2n) is 6.23. The average molecular weight is 289 g/mol. The number of carboxylic acid groups (broad SMARTS) is 1. The molecule has 21 heavy (non-hydrogen) atoms. The third-order valence-electron chi connectivity index (χ3n) is 4.15. The van der Waals surface area contributed by atoms with Gasteiger partial charge >= 0.3 is 5.97 Å². The lowest BCUT2D eigenvalue weighted by atomic mass is 9.73. The maximum atomic E-state index is 12.3. The molecule has 3 atom stereocenters. The molecule has 1 saturated carbocycles. The Balaban J connectivity index is 2.05. The van der Waals surface area contributed by atoms with Gasteiger partial charge in [0.1, 0.15) is 0 Å². The summed E-state index contributed by atoms with van der Waals surface area (Å²) in [5.41, 5.74) is 1.07. The van der Waals surface area contributed by atoms with E-state index >= 15 is 0 Å². The van der Waals surface area contributed by atoms with E-state index in [1.807, 2.05) is 30.3 Å². The van der Waals surface area contributed by atoms with Crippen LogP contribution in [0.3, 0.4) is 0 Å². The third-order valence-corrected chi connectivity index (χ3v) is 4.15. The third kappa shape index (κ3) is 3.84. The summed E-state index contributed by atoms with van der Waals surface area (Å²) in [6.45, 7) is 4.23. The number of hydrogen-bond donors (Lipinski definition) is 2. The molecule has 0 saturated heterocycles. The first-order chi connectivity index (χ1) is 9.99. The van der Waals surface area contributed by atoms with E-state index in [0.29, 0.717) is 18.8 Å². The van der Waals surface area contributed by atoms with Crippen molar-refractivity contribution in [1.82, 2.24) is 5.32 Å². The minimum Gasteiger partial charge on any atom is -0.481 e. The summed E-state index contributed by atoms with van der Waals surface area (Å²) in [5.74, 6) is -1.42. The van der Waals surface area contributed by atoms with Crippen LogP contribution in [0.5, 0.6) is 0 Å². The van der Waals surface area contributed by atoms with E-state index in [4.69, 9.17) is 5.11 Å². The summed E-state index contributed by atoms with van der Waals surface area (Å²) < 4.78 is 0. The van der Waals surface area contributed by atoms with Crippen molar-refractivity contribution in [3.8, 4) is 0 Å². The van der Waals surface area contributed by atoms with Gasteiger partial charge in [0.2, 0.25) is 5.91 Å². The van der Waals surface area contributed by atoms with Crippen molar-refractivity contribution in [2.24, 2.45) is 17.8 Å². The highest BCUT2D eigenvalue weighted by molar-refractivity contribution is 5.86. The molecule has 0 spiro atoms. The Kier molecular flexibility index (Phi) is 4.99. The van der Waals surface area contributed by atoms with Crippen LogP contribution in [0.25, 0.3) is 0 Å². The van der Waals surface area contributed by atoms with E-state index in [9.17, 15) is 9.59 Å². The van der Waals surface area contributed by atoms with Gasteiger partial charge in [0.25, 0.3) is 0 Å². The molecule has 3 unspecified atom stereocenters. The van der Waals surface area contributed by atoms with Gasteiger partial charge in [0, 0.05) is 0 Å². The van der Waals surface area contributed by atoms with Crippen LogP contribution in [0.1, 0.15) is 44.7 Å². The van der Waals surface area contributed by atoms with Gasteiger partial charge in [0.05, 0.1) is 17.9 Å². The van der Waals surface area contributed by atoms with Gasteiger partial charge in [-0.1, -0.05) is 44.2 Å². The average Bonchev–Trinajstić information content (AvgIpc) is 2.36. The Morgan fingerprint density at radius 2 is 1.81 bits per heavy atom. The number of carbonyl (C=O) groups is 2. The number of hydrogen-bond acceptors (Lipinski definition) is 2. The summed E-state index contributed by atoms with van der Waals surface area (Å²) >= 11 is 0. The second-order valence-corrected chi connectivity index (χ2v) is 6.23. The highest BCUT2D eigenvalue weighted by atomic mass is 16.4. The first-order valence-electron chi connectivity index (χ1n) is 7.57. The molecule has 1 aromatic carbocycles. The van der Waals surface area contributed by atoms with Crippen molar-refractivity contribution in [2.75, 3.05) is 0 Å². The number of nitrogens with one attached hydrogen (secondary N) is 1. The zero-order valence-corrected chi connectivity index (χ0v) is 12.6. The Morgan fingerprint density at radius 3 is 2.29 bits per heavy atom. The zero-order valence-electron chi connectivity index (χ0n) is 12.6. The lowest BCUT2D eigenvalue weighted by Gasteiger charge is -2.33. The van der Waals surface area contributed by atoms with Crippen molar-refractivity contribution in [3.05, 3.63) is 35.9 Å². The molecule has 1 aliphatic rings. The molecule has 4 heteroatoms. The van der Waals surface area contributed by atoms with E-state index < -0.39 is 11.9 Å². The van der Waals surface area contributed by atoms with Gasteiger partial charge in [-0.15, -0.1) is 0 Å². The fourth-order valence-corrected chi connectivity index (χ4v) is 2.82. The molecule has 0 aromatic heterocycles. The van der Waals surface area contributed by atoms with Crippen LogP contribution in [0.4, 0.5) is 0 Å². The molecule has 1 aliphatic carbocycles. The first-order valence-corrected chi connectivity index (χ1v) is 7.57. The van der Waals surface area contributed by atoms with Crippen molar-refractivity contribution in [2.45, 2.75) is 39.2 Å². The van der Waals surface area contributed by atoms with Gasteiger partial charge in [0.15, 0.2) is 0 Å². The van der Waals surface area contributed by atoms with Gasteiger partial charge in [-0.05, 0) is 30.7 Å². The Bertz CT molecular complexity index is 498. The Morgan fingerprint density at radius 1 is 1.19 bits per heavy atom. The predicted molar refractivity (Wildman–Crippen MR) is 80.6 cm³/mol. The summed E-state index contributed by atoms with van der Waals surface area (Å²) in [6.07, 6.45) is 2.12. The number of amides is 1. The minimum absolute atomic E-state index is 0.0475. The molecule has 0 radical (unpaired) electrons. The number of benzene rings is 1. The lowest BCUT2D eigenvalue weighted by Crippen LogP contribution is -2.45. The highest BCUT2D eigenvalue weighted by Gasteiger charge is 2.41. The molecule has 4 nitrogen and oxygen atoms in total. The SMILES string of the molecule is CC(C)CC(NC(=O)C1CCC1C(=O)O)c1ccccc1. The topological polar surface area (TPSA) is 66.4 Å². The van der Waals surface area contributed by atoms with Crippen molar-refractivity contribution in [3.63, 3.8) is 0 Å².